The second kappa shape index (κ2) is 12.8. The van der Waals surface area contributed by atoms with E-state index < -0.39 is 0 Å². The minimum atomic E-state index is -0.278. The number of nitrogens with zero attached hydrogens (tertiary/aromatic N) is 3. The van der Waals surface area contributed by atoms with E-state index in [9.17, 15) is 14.4 Å². The molecule has 11 heteroatoms. The molecule has 220 valence electrons. The van der Waals surface area contributed by atoms with Gasteiger partial charge in [0.2, 0.25) is 5.91 Å². The van der Waals surface area contributed by atoms with Crippen molar-refractivity contribution in [3.63, 3.8) is 0 Å². The number of benzene rings is 2. The number of fused-ring (bicyclic) bond motifs is 2. The third kappa shape index (κ3) is 6.40. The Balaban J connectivity index is 1.14. The minimum absolute atomic E-state index is 0.0123. The van der Waals surface area contributed by atoms with Gasteiger partial charge in [0.05, 0.1) is 36.7 Å². The van der Waals surface area contributed by atoms with Crippen LogP contribution in [0.1, 0.15) is 53.0 Å². The highest BCUT2D eigenvalue weighted by Crippen LogP contribution is 2.38. The first kappa shape index (κ1) is 28.7. The molecule has 0 spiro atoms. The average molecular weight is 573 g/mol. The Hall–Kier alpha value is -4.80. The fraction of sp³-hybridized carbons (Fsp3) is 0.355. The van der Waals surface area contributed by atoms with Gasteiger partial charge in [-0.3, -0.25) is 19.4 Å². The Labute approximate surface area is 244 Å². The molecule has 0 unspecified atom stereocenters. The van der Waals surface area contributed by atoms with Gasteiger partial charge in [-0.1, -0.05) is 0 Å². The van der Waals surface area contributed by atoms with Crippen molar-refractivity contribution in [2.45, 2.75) is 38.1 Å². The van der Waals surface area contributed by atoms with Gasteiger partial charge in [-0.2, -0.15) is 0 Å². The van der Waals surface area contributed by atoms with E-state index in [0.29, 0.717) is 46.2 Å². The molecule has 1 fully saturated rings. The zero-order chi connectivity index (χ0) is 29.6. The number of nitrogens with one attached hydrogen (secondary N) is 3. The first-order chi connectivity index (χ1) is 20.4. The number of anilines is 3. The van der Waals surface area contributed by atoms with E-state index in [1.807, 2.05) is 42.4 Å². The topological polar surface area (TPSA) is 126 Å². The van der Waals surface area contributed by atoms with Crippen LogP contribution in [0.4, 0.5) is 22.7 Å². The monoisotopic (exact) mass is 572 g/mol. The van der Waals surface area contributed by atoms with Crippen molar-refractivity contribution in [3.05, 3.63) is 59.9 Å². The minimum Gasteiger partial charge on any atom is -0.493 e. The summed E-state index contributed by atoms with van der Waals surface area (Å²) in [5.41, 5.74) is 3.62. The number of aromatic nitrogens is 1. The maximum Gasteiger partial charge on any atom is 0.272 e. The summed E-state index contributed by atoms with van der Waals surface area (Å²) in [7, 11) is 5.11. The quantitative estimate of drug-likeness (QED) is 0.299. The van der Waals surface area contributed by atoms with Crippen LogP contribution in [0.3, 0.4) is 0 Å². The number of amides is 3. The molecule has 42 heavy (non-hydrogen) atoms. The van der Waals surface area contributed by atoms with Crippen molar-refractivity contribution in [2.24, 2.45) is 12.0 Å². The standard InChI is InChI=1S/C31H36N6O5/c1-32-20-9-11-21(12-10-20)35-30(39)26-15-22(19-36(26)2)34-29(38)8-6-14-42-28-17-25-24(16-27(28)41-3)31(40)37-13-5-4-7-23(37)18-33-25/h9-12,15-19,23,32H,4-8,13-14H2,1-3H3,(H,34,38)(H,35,39)/t23-/m0/s1. The van der Waals surface area contributed by atoms with Crippen LogP contribution in [0, 0.1) is 0 Å². The van der Waals surface area contributed by atoms with Gasteiger partial charge < -0.3 is 34.9 Å². The number of methoxy groups -OCH3 is 1. The van der Waals surface area contributed by atoms with E-state index in [2.05, 4.69) is 20.9 Å². The Morgan fingerprint density at radius 3 is 2.57 bits per heavy atom. The molecule has 5 rings (SSSR count). The normalized spacial score (nSPS) is 15.7. The van der Waals surface area contributed by atoms with Gasteiger partial charge in [-0.15, -0.1) is 0 Å². The fourth-order valence-electron chi connectivity index (χ4n) is 5.20. The lowest BCUT2D eigenvalue weighted by atomic mass is 10.0. The van der Waals surface area contributed by atoms with Crippen molar-refractivity contribution >= 4 is 46.7 Å². The van der Waals surface area contributed by atoms with E-state index in [1.165, 1.54) is 7.11 Å². The molecule has 2 aromatic carbocycles. The highest BCUT2D eigenvalue weighted by Gasteiger charge is 2.31. The molecule has 1 saturated heterocycles. The summed E-state index contributed by atoms with van der Waals surface area (Å²) < 4.78 is 13.1. The second-order valence-electron chi connectivity index (χ2n) is 10.4. The number of hydrogen-bond acceptors (Lipinski definition) is 7. The molecule has 2 aliphatic rings. The molecule has 1 aromatic heterocycles. The van der Waals surface area contributed by atoms with Crippen molar-refractivity contribution in [3.8, 4) is 11.5 Å². The molecule has 0 bridgehead atoms. The molecule has 3 amide bonds. The van der Waals surface area contributed by atoms with Gasteiger partial charge in [-0.05, 0) is 62.1 Å². The average Bonchev–Trinajstić information content (AvgIpc) is 3.31. The first-order valence-electron chi connectivity index (χ1n) is 14.1. The van der Waals surface area contributed by atoms with Crippen LogP contribution in [0.15, 0.2) is 53.7 Å². The number of aryl methyl sites for hydroxylation is 1. The van der Waals surface area contributed by atoms with Crippen molar-refractivity contribution in [2.75, 3.05) is 43.3 Å². The summed E-state index contributed by atoms with van der Waals surface area (Å²) in [5, 5.41) is 8.75. The molecular weight excluding hydrogens is 536 g/mol. The van der Waals surface area contributed by atoms with Gasteiger partial charge in [0.25, 0.3) is 11.8 Å². The molecular formula is C31H36N6O5. The fourth-order valence-corrected chi connectivity index (χ4v) is 5.20. The lowest BCUT2D eigenvalue weighted by Gasteiger charge is -2.32. The Kier molecular flexibility index (Phi) is 8.75. The number of carbonyl (C=O) groups excluding carboxylic acids is 3. The predicted octanol–water partition coefficient (Wildman–Crippen LogP) is 4.84. The molecule has 3 heterocycles. The summed E-state index contributed by atoms with van der Waals surface area (Å²) in [4.78, 5) is 45.0. The lowest BCUT2D eigenvalue weighted by Crippen LogP contribution is -2.43. The third-order valence-electron chi connectivity index (χ3n) is 7.47. The van der Waals surface area contributed by atoms with E-state index in [4.69, 9.17) is 9.47 Å². The summed E-state index contributed by atoms with van der Waals surface area (Å²) >= 11 is 0. The molecule has 11 nitrogen and oxygen atoms in total. The summed E-state index contributed by atoms with van der Waals surface area (Å²) in [6, 6.07) is 12.4. The van der Waals surface area contributed by atoms with E-state index in [0.717, 1.165) is 31.5 Å². The molecule has 3 aromatic rings. The van der Waals surface area contributed by atoms with Crippen LogP contribution in [-0.4, -0.2) is 66.8 Å². The lowest BCUT2D eigenvalue weighted by molar-refractivity contribution is -0.116. The number of rotatable bonds is 10. The zero-order valence-corrected chi connectivity index (χ0v) is 24.1. The highest BCUT2D eigenvalue weighted by molar-refractivity contribution is 6.05. The second-order valence-corrected chi connectivity index (χ2v) is 10.4. The van der Waals surface area contributed by atoms with E-state index in [1.54, 1.807) is 36.0 Å². The number of carbonyl (C=O) groups is 3. The van der Waals surface area contributed by atoms with Crippen LogP contribution in [0.25, 0.3) is 0 Å². The predicted molar refractivity (Wildman–Crippen MR) is 163 cm³/mol. The van der Waals surface area contributed by atoms with E-state index in [-0.39, 0.29) is 36.8 Å². The largest absolute Gasteiger partial charge is 0.493 e. The highest BCUT2D eigenvalue weighted by atomic mass is 16.5. The Morgan fingerprint density at radius 1 is 1.02 bits per heavy atom. The molecule has 0 aliphatic carbocycles. The maximum absolute atomic E-state index is 13.2. The molecule has 0 saturated carbocycles. The zero-order valence-electron chi connectivity index (χ0n) is 24.1. The van der Waals surface area contributed by atoms with E-state index >= 15 is 0 Å². The smallest absolute Gasteiger partial charge is 0.272 e. The first-order valence-corrected chi connectivity index (χ1v) is 14.1. The van der Waals surface area contributed by atoms with Gasteiger partial charge in [0.15, 0.2) is 11.5 Å². The molecule has 3 N–H and O–H groups in total. The van der Waals surface area contributed by atoms with Crippen LogP contribution in [0.2, 0.25) is 0 Å². The van der Waals surface area contributed by atoms with Crippen LogP contribution < -0.4 is 25.4 Å². The number of aliphatic imine (C=N–C) groups is 1. The summed E-state index contributed by atoms with van der Waals surface area (Å²) in [6.07, 6.45) is 7.20. The van der Waals surface area contributed by atoms with Gasteiger partial charge >= 0.3 is 0 Å². The Morgan fingerprint density at radius 2 is 1.81 bits per heavy atom. The third-order valence-corrected chi connectivity index (χ3v) is 7.47. The summed E-state index contributed by atoms with van der Waals surface area (Å²) in [6.45, 7) is 0.991. The molecule has 1 atom stereocenters. The van der Waals surface area contributed by atoms with Crippen molar-refractivity contribution < 1.29 is 23.9 Å². The van der Waals surface area contributed by atoms with Crippen molar-refractivity contribution in [1.29, 1.82) is 0 Å². The number of hydrogen-bond donors (Lipinski definition) is 3. The number of ether oxygens (including phenoxy) is 2. The van der Waals surface area contributed by atoms with Crippen LogP contribution >= 0.6 is 0 Å². The van der Waals surface area contributed by atoms with Gasteiger partial charge in [0, 0.05) is 56.9 Å². The number of piperidine rings is 1. The van der Waals surface area contributed by atoms with Crippen molar-refractivity contribution in [1.82, 2.24) is 9.47 Å². The maximum atomic E-state index is 13.2. The molecule has 0 radical (unpaired) electrons. The summed E-state index contributed by atoms with van der Waals surface area (Å²) in [5.74, 6) is 0.407. The van der Waals surface area contributed by atoms with Gasteiger partial charge in [0.1, 0.15) is 5.69 Å². The van der Waals surface area contributed by atoms with Crippen LogP contribution in [0.5, 0.6) is 11.5 Å². The Bertz CT molecular complexity index is 1500. The van der Waals surface area contributed by atoms with Crippen LogP contribution in [-0.2, 0) is 11.8 Å². The SMILES string of the molecule is CNc1ccc(NC(=O)c2cc(NC(=O)CCCOc3cc4c(cc3OC)C(=O)N3CCCC[C@H]3C=N4)cn2C)cc1. The molecule has 2 aliphatic heterocycles. The van der Waals surface area contributed by atoms with Gasteiger partial charge in [-0.25, -0.2) is 0 Å².